The molecule has 0 aromatic rings. The molecule has 1 heterocycles. The van der Waals surface area contributed by atoms with Crippen LogP contribution < -0.4 is 5.32 Å². The van der Waals surface area contributed by atoms with Crippen molar-refractivity contribution in [3.05, 3.63) is 0 Å². The van der Waals surface area contributed by atoms with Gasteiger partial charge < -0.3 is 5.32 Å². The number of sulfonamides is 1. The van der Waals surface area contributed by atoms with Crippen LogP contribution >= 0.6 is 0 Å². The van der Waals surface area contributed by atoms with Crippen molar-refractivity contribution in [2.24, 2.45) is 5.92 Å². The van der Waals surface area contributed by atoms with Crippen LogP contribution in [0.2, 0.25) is 0 Å². The number of nitrogens with zero attached hydrogens (tertiary/aromatic N) is 1. The predicted molar refractivity (Wildman–Crippen MR) is 67.3 cm³/mol. The zero-order valence-electron chi connectivity index (χ0n) is 10.8. The summed E-state index contributed by atoms with van der Waals surface area (Å²) in [5.74, 6) is 0.328. The molecule has 6 heteroatoms. The summed E-state index contributed by atoms with van der Waals surface area (Å²) in [6, 6.07) is -0.149. The van der Waals surface area contributed by atoms with Crippen molar-refractivity contribution in [3.63, 3.8) is 0 Å². The highest BCUT2D eigenvalue weighted by atomic mass is 32.2. The van der Waals surface area contributed by atoms with Gasteiger partial charge in [0.25, 0.3) is 0 Å². The second-order valence-corrected chi connectivity index (χ2v) is 6.79. The number of nitrogens with one attached hydrogen (secondary N) is 1. The number of ketones is 1. The molecule has 0 aliphatic carbocycles. The SMILES string of the molecule is CNC(C)C(=O)CC1CCCN(S(C)(=O)=O)C1. The number of carbonyl (C=O) groups excluding carboxylic acids is 1. The second kappa shape index (κ2) is 5.93. The standard InChI is InChI=1S/C11H22N2O3S/c1-9(12-2)11(14)7-10-5-4-6-13(8-10)17(3,15)16/h9-10,12H,4-8H2,1-3H3. The Kier molecular flexibility index (Phi) is 5.09. The topological polar surface area (TPSA) is 66.5 Å². The molecular weight excluding hydrogens is 240 g/mol. The first-order valence-electron chi connectivity index (χ1n) is 5.99. The van der Waals surface area contributed by atoms with E-state index < -0.39 is 10.0 Å². The van der Waals surface area contributed by atoms with E-state index in [1.165, 1.54) is 10.6 Å². The molecule has 0 amide bonds. The highest BCUT2D eigenvalue weighted by Gasteiger charge is 2.27. The Morgan fingerprint density at radius 1 is 1.53 bits per heavy atom. The van der Waals surface area contributed by atoms with Gasteiger partial charge in [-0.25, -0.2) is 12.7 Å². The maximum Gasteiger partial charge on any atom is 0.211 e. The maximum absolute atomic E-state index is 11.8. The van der Waals surface area contributed by atoms with Gasteiger partial charge in [0, 0.05) is 19.5 Å². The molecule has 0 bridgehead atoms. The van der Waals surface area contributed by atoms with Crippen molar-refractivity contribution in [1.29, 1.82) is 0 Å². The summed E-state index contributed by atoms with van der Waals surface area (Å²) in [7, 11) is -1.36. The largest absolute Gasteiger partial charge is 0.311 e. The predicted octanol–water partition coefficient (Wildman–Crippen LogP) is 0.225. The molecule has 2 atom stereocenters. The van der Waals surface area contributed by atoms with Gasteiger partial charge in [-0.3, -0.25) is 4.79 Å². The van der Waals surface area contributed by atoms with Crippen molar-refractivity contribution in [2.75, 3.05) is 26.4 Å². The Balaban J connectivity index is 2.53. The summed E-state index contributed by atoms with van der Waals surface area (Å²) in [4.78, 5) is 11.8. The van der Waals surface area contributed by atoms with Crippen molar-refractivity contribution in [3.8, 4) is 0 Å². The molecule has 0 aromatic carbocycles. The lowest BCUT2D eigenvalue weighted by molar-refractivity contribution is -0.121. The number of likely N-dealkylation sites (N-methyl/N-ethyl adjacent to an activating group) is 1. The van der Waals surface area contributed by atoms with Gasteiger partial charge in [0.2, 0.25) is 10.0 Å². The Morgan fingerprint density at radius 3 is 2.71 bits per heavy atom. The van der Waals surface area contributed by atoms with Gasteiger partial charge in [-0.2, -0.15) is 0 Å². The van der Waals surface area contributed by atoms with Crippen LogP contribution in [0.4, 0.5) is 0 Å². The van der Waals surface area contributed by atoms with Gasteiger partial charge in [-0.05, 0) is 32.7 Å². The first-order chi connectivity index (χ1) is 7.84. The van der Waals surface area contributed by atoms with Gasteiger partial charge >= 0.3 is 0 Å². The first-order valence-corrected chi connectivity index (χ1v) is 7.84. The lowest BCUT2D eigenvalue weighted by Crippen LogP contribution is -2.41. The highest BCUT2D eigenvalue weighted by molar-refractivity contribution is 7.88. The molecule has 100 valence electrons. The Bertz CT molecular complexity index is 367. The summed E-state index contributed by atoms with van der Waals surface area (Å²) in [5.41, 5.74) is 0. The third-order valence-electron chi connectivity index (χ3n) is 3.36. The monoisotopic (exact) mass is 262 g/mol. The quantitative estimate of drug-likeness (QED) is 0.770. The van der Waals surface area contributed by atoms with E-state index in [0.29, 0.717) is 19.5 Å². The number of piperidine rings is 1. The summed E-state index contributed by atoms with van der Waals surface area (Å²) in [6.07, 6.45) is 3.48. The van der Waals surface area contributed by atoms with Crippen LogP contribution in [0.25, 0.3) is 0 Å². The van der Waals surface area contributed by atoms with Crippen molar-refractivity contribution < 1.29 is 13.2 Å². The van der Waals surface area contributed by atoms with Gasteiger partial charge in [0.05, 0.1) is 12.3 Å². The normalized spacial score (nSPS) is 24.5. The maximum atomic E-state index is 11.8. The number of Topliss-reactive ketones (excluding diaryl/α,β-unsaturated/α-hetero) is 1. The van der Waals surface area contributed by atoms with Gasteiger partial charge in [0.15, 0.2) is 0 Å². The van der Waals surface area contributed by atoms with Crippen LogP contribution in [0.15, 0.2) is 0 Å². The van der Waals surface area contributed by atoms with E-state index in [1.807, 2.05) is 6.92 Å². The van der Waals surface area contributed by atoms with Gasteiger partial charge in [-0.1, -0.05) is 0 Å². The molecule has 0 spiro atoms. The first kappa shape index (κ1) is 14.6. The van der Waals surface area contributed by atoms with E-state index >= 15 is 0 Å². The molecule has 1 fully saturated rings. The molecule has 2 unspecified atom stereocenters. The fraction of sp³-hybridized carbons (Fsp3) is 0.909. The summed E-state index contributed by atoms with van der Waals surface area (Å²) < 4.78 is 24.4. The lowest BCUT2D eigenvalue weighted by atomic mass is 9.92. The number of carbonyl (C=O) groups is 1. The van der Waals surface area contributed by atoms with Crippen LogP contribution in [-0.2, 0) is 14.8 Å². The highest BCUT2D eigenvalue weighted by Crippen LogP contribution is 2.22. The lowest BCUT2D eigenvalue weighted by Gasteiger charge is -2.31. The molecule has 1 rings (SSSR count). The second-order valence-electron chi connectivity index (χ2n) is 4.81. The van der Waals surface area contributed by atoms with Gasteiger partial charge in [-0.15, -0.1) is 0 Å². The van der Waals surface area contributed by atoms with Crippen molar-refractivity contribution in [1.82, 2.24) is 9.62 Å². The van der Waals surface area contributed by atoms with Crippen LogP contribution in [0.1, 0.15) is 26.2 Å². The zero-order valence-corrected chi connectivity index (χ0v) is 11.6. The average Bonchev–Trinajstić information content (AvgIpc) is 2.27. The zero-order chi connectivity index (χ0) is 13.1. The molecule has 0 radical (unpaired) electrons. The van der Waals surface area contributed by atoms with Crippen molar-refractivity contribution in [2.45, 2.75) is 32.2 Å². The molecule has 17 heavy (non-hydrogen) atoms. The Labute approximate surface area is 104 Å². The minimum absolute atomic E-state index is 0.149. The smallest absolute Gasteiger partial charge is 0.211 e. The summed E-state index contributed by atoms with van der Waals surface area (Å²) >= 11 is 0. The fourth-order valence-corrected chi connectivity index (χ4v) is 3.06. The molecule has 5 nitrogen and oxygen atoms in total. The molecular formula is C11H22N2O3S. The average molecular weight is 262 g/mol. The molecule has 1 N–H and O–H groups in total. The third-order valence-corrected chi connectivity index (χ3v) is 4.63. The molecule has 1 aliphatic heterocycles. The van der Waals surface area contributed by atoms with E-state index in [-0.39, 0.29) is 17.7 Å². The van der Waals surface area contributed by atoms with E-state index in [9.17, 15) is 13.2 Å². The number of rotatable bonds is 5. The van der Waals surface area contributed by atoms with Crippen LogP contribution in [0.5, 0.6) is 0 Å². The van der Waals surface area contributed by atoms with Crippen LogP contribution in [-0.4, -0.2) is 50.9 Å². The Morgan fingerprint density at radius 2 is 2.18 bits per heavy atom. The number of hydrogen-bond acceptors (Lipinski definition) is 4. The van der Waals surface area contributed by atoms with Crippen molar-refractivity contribution >= 4 is 15.8 Å². The van der Waals surface area contributed by atoms with E-state index in [4.69, 9.17) is 0 Å². The van der Waals surface area contributed by atoms with E-state index in [2.05, 4.69) is 5.32 Å². The third kappa shape index (κ3) is 4.37. The van der Waals surface area contributed by atoms with E-state index in [1.54, 1.807) is 7.05 Å². The molecule has 0 saturated carbocycles. The van der Waals surface area contributed by atoms with Crippen LogP contribution in [0, 0.1) is 5.92 Å². The number of hydrogen-bond donors (Lipinski definition) is 1. The minimum Gasteiger partial charge on any atom is -0.311 e. The summed E-state index contributed by atoms with van der Waals surface area (Å²) in [5, 5.41) is 2.91. The summed E-state index contributed by atoms with van der Waals surface area (Å²) in [6.45, 7) is 2.91. The minimum atomic E-state index is -3.11. The molecule has 1 aliphatic rings. The molecule has 1 saturated heterocycles. The van der Waals surface area contributed by atoms with E-state index in [0.717, 1.165) is 12.8 Å². The molecule has 0 aromatic heterocycles. The Hall–Kier alpha value is -0.460. The fourth-order valence-electron chi connectivity index (χ4n) is 2.12. The van der Waals surface area contributed by atoms with Gasteiger partial charge in [0.1, 0.15) is 5.78 Å². The van der Waals surface area contributed by atoms with Crippen LogP contribution in [0.3, 0.4) is 0 Å².